The van der Waals surface area contributed by atoms with Gasteiger partial charge in [0.1, 0.15) is 5.82 Å². The Hall–Kier alpha value is -1.66. The van der Waals surface area contributed by atoms with Gasteiger partial charge < -0.3 is 5.11 Å². The maximum atomic E-state index is 11.6. The summed E-state index contributed by atoms with van der Waals surface area (Å²) in [6, 6.07) is 5.41. The van der Waals surface area contributed by atoms with Crippen LogP contribution in [0.3, 0.4) is 0 Å². The molecule has 6 heteroatoms. The third-order valence-electron chi connectivity index (χ3n) is 2.44. The zero-order chi connectivity index (χ0) is 13.2. The van der Waals surface area contributed by atoms with Crippen molar-refractivity contribution >= 4 is 11.7 Å². The molecule has 100 valence electrons. The average molecular weight is 252 g/mol. The molecule has 0 saturated heterocycles. The molecule has 1 rings (SSSR count). The van der Waals surface area contributed by atoms with Crippen LogP contribution in [-0.2, 0) is 4.79 Å². The van der Waals surface area contributed by atoms with E-state index in [0.29, 0.717) is 25.3 Å². The Bertz CT molecular complexity index is 345. The first-order valence-electron chi connectivity index (χ1n) is 6.05. The number of nitrogens with zero attached hydrogens (tertiary/aromatic N) is 2. The van der Waals surface area contributed by atoms with E-state index in [2.05, 4.69) is 15.8 Å². The first kappa shape index (κ1) is 14.4. The first-order chi connectivity index (χ1) is 8.76. The van der Waals surface area contributed by atoms with Crippen molar-refractivity contribution in [2.45, 2.75) is 13.3 Å². The van der Waals surface area contributed by atoms with Gasteiger partial charge in [-0.3, -0.25) is 20.5 Å². The van der Waals surface area contributed by atoms with Gasteiger partial charge in [0.05, 0.1) is 6.54 Å². The number of aromatic nitrogens is 1. The molecule has 1 amide bonds. The van der Waals surface area contributed by atoms with Crippen molar-refractivity contribution in [2.24, 2.45) is 0 Å². The van der Waals surface area contributed by atoms with E-state index in [1.807, 2.05) is 17.9 Å². The topological polar surface area (TPSA) is 77.5 Å². The van der Waals surface area contributed by atoms with Crippen molar-refractivity contribution < 1.29 is 9.90 Å². The van der Waals surface area contributed by atoms with E-state index >= 15 is 0 Å². The number of pyridine rings is 1. The third kappa shape index (κ3) is 5.60. The van der Waals surface area contributed by atoms with Crippen molar-refractivity contribution in [2.75, 3.05) is 31.7 Å². The van der Waals surface area contributed by atoms with Gasteiger partial charge in [-0.05, 0) is 25.1 Å². The van der Waals surface area contributed by atoms with Gasteiger partial charge in [-0.1, -0.05) is 13.0 Å². The lowest BCUT2D eigenvalue weighted by molar-refractivity contribution is -0.121. The number of carbonyl (C=O) groups excluding carboxylic acids is 1. The Kier molecular flexibility index (Phi) is 6.75. The van der Waals surface area contributed by atoms with Crippen LogP contribution in [0.15, 0.2) is 24.4 Å². The molecule has 0 bridgehead atoms. The van der Waals surface area contributed by atoms with E-state index in [4.69, 9.17) is 5.11 Å². The number of likely N-dealkylation sites (N-methyl/N-ethyl adjacent to an activating group) is 1. The predicted molar refractivity (Wildman–Crippen MR) is 69.8 cm³/mol. The van der Waals surface area contributed by atoms with Gasteiger partial charge in [0.2, 0.25) is 0 Å². The van der Waals surface area contributed by atoms with Crippen molar-refractivity contribution in [1.82, 2.24) is 15.3 Å². The fourth-order valence-electron chi connectivity index (χ4n) is 1.46. The van der Waals surface area contributed by atoms with Gasteiger partial charge in [0.15, 0.2) is 0 Å². The highest BCUT2D eigenvalue weighted by molar-refractivity contribution is 5.79. The molecule has 3 N–H and O–H groups in total. The van der Waals surface area contributed by atoms with Crippen LogP contribution in [0.1, 0.15) is 13.3 Å². The minimum atomic E-state index is -0.125. The summed E-state index contributed by atoms with van der Waals surface area (Å²) in [5.41, 5.74) is 5.33. The Balaban J connectivity index is 2.28. The summed E-state index contributed by atoms with van der Waals surface area (Å²) in [7, 11) is 0. The second-order valence-corrected chi connectivity index (χ2v) is 3.83. The molecular weight excluding hydrogens is 232 g/mol. The average Bonchev–Trinajstić information content (AvgIpc) is 2.42. The summed E-state index contributed by atoms with van der Waals surface area (Å²) in [6.07, 6.45) is 2.32. The van der Waals surface area contributed by atoms with Gasteiger partial charge in [-0.2, -0.15) is 0 Å². The van der Waals surface area contributed by atoms with Crippen molar-refractivity contribution in [3.05, 3.63) is 24.4 Å². The summed E-state index contributed by atoms with van der Waals surface area (Å²) in [5, 5.41) is 8.75. The number of nitrogens with one attached hydrogen (secondary N) is 2. The molecule has 1 heterocycles. The zero-order valence-electron chi connectivity index (χ0n) is 10.6. The Morgan fingerprint density at radius 2 is 2.33 bits per heavy atom. The van der Waals surface area contributed by atoms with Gasteiger partial charge in [-0.25, -0.2) is 4.98 Å². The summed E-state index contributed by atoms with van der Waals surface area (Å²) >= 11 is 0. The molecule has 0 saturated carbocycles. The van der Waals surface area contributed by atoms with E-state index < -0.39 is 0 Å². The van der Waals surface area contributed by atoms with Gasteiger partial charge in [0, 0.05) is 19.3 Å². The van der Waals surface area contributed by atoms with E-state index in [0.717, 1.165) is 6.54 Å². The van der Waals surface area contributed by atoms with Crippen molar-refractivity contribution in [1.29, 1.82) is 0 Å². The molecule has 1 aromatic rings. The monoisotopic (exact) mass is 252 g/mol. The highest BCUT2D eigenvalue weighted by Crippen LogP contribution is 1.97. The SMILES string of the molecule is CCN(CCCO)CC(=O)NNc1ccccn1. The number of aliphatic hydroxyl groups excluding tert-OH is 1. The van der Waals surface area contributed by atoms with Crippen LogP contribution in [0.4, 0.5) is 5.82 Å². The Morgan fingerprint density at radius 3 is 2.94 bits per heavy atom. The lowest BCUT2D eigenvalue weighted by Crippen LogP contribution is -2.40. The molecule has 0 aliphatic carbocycles. The van der Waals surface area contributed by atoms with Crippen LogP contribution in [0.5, 0.6) is 0 Å². The standard InChI is InChI=1S/C12H20N4O2/c1-2-16(8-5-9-17)10-12(18)15-14-11-6-3-4-7-13-11/h3-4,6-7,17H,2,5,8-10H2,1H3,(H,13,14)(H,15,18). The van der Waals surface area contributed by atoms with E-state index in [9.17, 15) is 4.79 Å². The molecule has 0 fully saturated rings. The van der Waals surface area contributed by atoms with Crippen LogP contribution in [0, 0.1) is 0 Å². The summed E-state index contributed by atoms with van der Waals surface area (Å²) in [5.74, 6) is 0.477. The smallest absolute Gasteiger partial charge is 0.252 e. The predicted octanol–water partition coefficient (Wildman–Crippen LogP) is 0.229. The van der Waals surface area contributed by atoms with Crippen molar-refractivity contribution in [3.63, 3.8) is 0 Å². The molecule has 0 spiro atoms. The summed E-state index contributed by atoms with van der Waals surface area (Å²) in [6.45, 7) is 3.92. The van der Waals surface area contributed by atoms with Crippen LogP contribution in [-0.4, -0.2) is 47.1 Å². The maximum Gasteiger partial charge on any atom is 0.252 e. The first-order valence-corrected chi connectivity index (χ1v) is 6.05. The number of carbonyl (C=O) groups is 1. The Labute approximate surface area is 107 Å². The fourth-order valence-corrected chi connectivity index (χ4v) is 1.46. The fraction of sp³-hybridized carbons (Fsp3) is 0.500. The highest BCUT2D eigenvalue weighted by atomic mass is 16.3. The quantitative estimate of drug-likeness (QED) is 0.577. The molecule has 0 radical (unpaired) electrons. The van der Waals surface area contributed by atoms with Gasteiger partial charge in [-0.15, -0.1) is 0 Å². The molecule has 0 unspecified atom stereocenters. The second kappa shape index (κ2) is 8.43. The number of amides is 1. The van der Waals surface area contributed by atoms with Gasteiger partial charge in [0.25, 0.3) is 5.91 Å². The number of rotatable bonds is 8. The molecule has 0 aliphatic heterocycles. The molecule has 1 aromatic heterocycles. The molecule has 0 aromatic carbocycles. The third-order valence-corrected chi connectivity index (χ3v) is 2.44. The highest BCUT2D eigenvalue weighted by Gasteiger charge is 2.08. The van der Waals surface area contributed by atoms with E-state index in [-0.39, 0.29) is 12.5 Å². The van der Waals surface area contributed by atoms with E-state index in [1.54, 1.807) is 18.3 Å². The van der Waals surface area contributed by atoms with Crippen molar-refractivity contribution in [3.8, 4) is 0 Å². The maximum absolute atomic E-state index is 11.6. The number of hydrogen-bond acceptors (Lipinski definition) is 5. The van der Waals surface area contributed by atoms with E-state index in [1.165, 1.54) is 0 Å². The lowest BCUT2D eigenvalue weighted by atomic mass is 10.4. The zero-order valence-corrected chi connectivity index (χ0v) is 10.6. The minimum absolute atomic E-state index is 0.125. The summed E-state index contributed by atoms with van der Waals surface area (Å²) < 4.78 is 0. The van der Waals surface area contributed by atoms with Crippen LogP contribution < -0.4 is 10.9 Å². The lowest BCUT2D eigenvalue weighted by Gasteiger charge is -2.19. The number of aliphatic hydroxyl groups is 1. The van der Waals surface area contributed by atoms with Gasteiger partial charge >= 0.3 is 0 Å². The summed E-state index contributed by atoms with van der Waals surface area (Å²) in [4.78, 5) is 17.6. The van der Waals surface area contributed by atoms with Crippen LogP contribution in [0.2, 0.25) is 0 Å². The number of hydrazine groups is 1. The molecule has 0 aliphatic rings. The Morgan fingerprint density at radius 1 is 1.50 bits per heavy atom. The van der Waals surface area contributed by atoms with Crippen LogP contribution in [0.25, 0.3) is 0 Å². The second-order valence-electron chi connectivity index (χ2n) is 3.83. The molecule has 18 heavy (non-hydrogen) atoms. The number of hydrogen-bond donors (Lipinski definition) is 3. The number of anilines is 1. The molecule has 6 nitrogen and oxygen atoms in total. The van der Waals surface area contributed by atoms with Crippen LogP contribution >= 0.6 is 0 Å². The normalized spacial score (nSPS) is 10.4. The molecular formula is C12H20N4O2. The molecule has 0 atom stereocenters. The minimum Gasteiger partial charge on any atom is -0.396 e. The largest absolute Gasteiger partial charge is 0.396 e.